The van der Waals surface area contributed by atoms with Crippen LogP contribution in [0.15, 0.2) is 53.4 Å². The number of hydrogen-bond donors (Lipinski definition) is 0. The molecule has 0 radical (unpaired) electrons. The van der Waals surface area contributed by atoms with Crippen molar-refractivity contribution in [3.63, 3.8) is 0 Å². The highest BCUT2D eigenvalue weighted by molar-refractivity contribution is 6.30. The molecular formula is C13H10ClN3O. The molecule has 2 aromatic heterocycles. The molecule has 0 amide bonds. The van der Waals surface area contributed by atoms with Gasteiger partial charge in [0.2, 0.25) is 0 Å². The molecule has 1 aromatic carbocycles. The fourth-order valence-corrected chi connectivity index (χ4v) is 1.79. The minimum Gasteiger partial charge on any atom is -0.467 e. The van der Waals surface area contributed by atoms with E-state index in [-0.39, 0.29) is 0 Å². The Hall–Kier alpha value is -2.07. The second kappa shape index (κ2) is 4.66. The highest BCUT2D eigenvalue weighted by Gasteiger charge is 2.05. The third-order valence-corrected chi connectivity index (χ3v) is 2.79. The number of furan rings is 1. The largest absolute Gasteiger partial charge is 0.467 e. The quantitative estimate of drug-likeness (QED) is 0.725. The molecule has 5 heteroatoms. The minimum absolute atomic E-state index is 0.577. The molecule has 2 heterocycles. The van der Waals surface area contributed by atoms with Gasteiger partial charge in [0.1, 0.15) is 18.6 Å². The summed E-state index contributed by atoms with van der Waals surface area (Å²) in [7, 11) is 0. The first-order valence-electron chi connectivity index (χ1n) is 5.49. The second-order valence-corrected chi connectivity index (χ2v) is 4.29. The Bertz CT molecular complexity index is 629. The van der Waals surface area contributed by atoms with E-state index in [4.69, 9.17) is 16.0 Å². The van der Waals surface area contributed by atoms with Gasteiger partial charge in [0.05, 0.1) is 6.26 Å². The highest BCUT2D eigenvalue weighted by Crippen LogP contribution is 2.17. The lowest BCUT2D eigenvalue weighted by Crippen LogP contribution is -1.98. The van der Waals surface area contributed by atoms with Crippen molar-refractivity contribution in [2.75, 3.05) is 0 Å². The Morgan fingerprint density at radius 2 is 2.00 bits per heavy atom. The summed E-state index contributed by atoms with van der Waals surface area (Å²) in [5.74, 6) is 1.53. The van der Waals surface area contributed by atoms with Crippen LogP contribution in [0, 0.1) is 0 Å². The summed E-state index contributed by atoms with van der Waals surface area (Å²) in [4.78, 5) is 4.26. The van der Waals surface area contributed by atoms with E-state index in [1.54, 1.807) is 17.3 Å². The second-order valence-electron chi connectivity index (χ2n) is 3.85. The zero-order valence-corrected chi connectivity index (χ0v) is 10.2. The van der Waals surface area contributed by atoms with Crippen molar-refractivity contribution in [3.05, 3.63) is 59.8 Å². The van der Waals surface area contributed by atoms with Crippen LogP contribution in [-0.2, 0) is 6.54 Å². The maximum Gasteiger partial charge on any atom is 0.181 e. The van der Waals surface area contributed by atoms with Gasteiger partial charge in [-0.2, -0.15) is 5.10 Å². The number of nitrogens with zero attached hydrogens (tertiary/aromatic N) is 3. The molecule has 0 aliphatic heterocycles. The van der Waals surface area contributed by atoms with Crippen LogP contribution in [0.3, 0.4) is 0 Å². The van der Waals surface area contributed by atoms with Gasteiger partial charge in [-0.3, -0.25) is 0 Å². The lowest BCUT2D eigenvalue weighted by molar-refractivity contribution is 0.480. The van der Waals surface area contributed by atoms with Crippen LogP contribution in [0.5, 0.6) is 0 Å². The van der Waals surface area contributed by atoms with E-state index in [2.05, 4.69) is 10.1 Å². The zero-order chi connectivity index (χ0) is 12.4. The van der Waals surface area contributed by atoms with Crippen LogP contribution in [-0.4, -0.2) is 14.8 Å². The minimum atomic E-state index is 0.577. The molecule has 0 unspecified atom stereocenters. The average Bonchev–Trinajstić information content (AvgIpc) is 3.02. The number of hydrogen-bond acceptors (Lipinski definition) is 3. The molecule has 3 rings (SSSR count). The summed E-state index contributed by atoms with van der Waals surface area (Å²) in [6.45, 7) is 0.577. The number of aromatic nitrogens is 3. The molecule has 0 aliphatic rings. The van der Waals surface area contributed by atoms with Crippen molar-refractivity contribution in [2.24, 2.45) is 0 Å². The van der Waals surface area contributed by atoms with Crippen LogP contribution in [0.2, 0.25) is 5.02 Å². The van der Waals surface area contributed by atoms with Gasteiger partial charge in [0.25, 0.3) is 0 Å². The van der Waals surface area contributed by atoms with Crippen molar-refractivity contribution < 1.29 is 4.42 Å². The van der Waals surface area contributed by atoms with Crippen LogP contribution in [0.4, 0.5) is 0 Å². The molecule has 3 aromatic rings. The van der Waals surface area contributed by atoms with E-state index in [1.807, 2.05) is 36.4 Å². The molecule has 0 spiro atoms. The van der Waals surface area contributed by atoms with Crippen molar-refractivity contribution in [2.45, 2.75) is 6.54 Å². The smallest absolute Gasteiger partial charge is 0.181 e. The zero-order valence-electron chi connectivity index (χ0n) is 9.45. The molecule has 0 bridgehead atoms. The Balaban J connectivity index is 1.83. The fraction of sp³-hybridized carbons (Fsp3) is 0.0769. The molecule has 4 nitrogen and oxygen atoms in total. The molecule has 0 saturated heterocycles. The van der Waals surface area contributed by atoms with Crippen LogP contribution >= 0.6 is 11.6 Å². The maximum atomic E-state index is 5.84. The topological polar surface area (TPSA) is 43.9 Å². The van der Waals surface area contributed by atoms with Gasteiger partial charge in [-0.15, -0.1) is 0 Å². The summed E-state index contributed by atoms with van der Waals surface area (Å²) < 4.78 is 7.00. The third-order valence-electron chi connectivity index (χ3n) is 2.54. The van der Waals surface area contributed by atoms with Gasteiger partial charge < -0.3 is 4.42 Å². The molecule has 0 fully saturated rings. The SMILES string of the molecule is Clc1ccc(-c2ncn(Cc3ccco3)n2)cc1. The number of benzene rings is 1. The van der Waals surface area contributed by atoms with E-state index in [9.17, 15) is 0 Å². The Morgan fingerprint density at radius 1 is 1.17 bits per heavy atom. The van der Waals surface area contributed by atoms with Crippen LogP contribution in [0.1, 0.15) is 5.76 Å². The van der Waals surface area contributed by atoms with Crippen molar-refractivity contribution in [1.29, 1.82) is 0 Å². The summed E-state index contributed by atoms with van der Waals surface area (Å²) in [6, 6.07) is 11.2. The Kier molecular flexibility index (Phi) is 2.86. The van der Waals surface area contributed by atoms with Gasteiger partial charge in [-0.1, -0.05) is 11.6 Å². The predicted molar refractivity (Wildman–Crippen MR) is 68.3 cm³/mol. The Labute approximate surface area is 109 Å². The first-order chi connectivity index (χ1) is 8.81. The van der Waals surface area contributed by atoms with E-state index >= 15 is 0 Å². The maximum absolute atomic E-state index is 5.84. The van der Waals surface area contributed by atoms with Crippen LogP contribution in [0.25, 0.3) is 11.4 Å². The standard InChI is InChI=1S/C13H10ClN3O/c14-11-5-3-10(4-6-11)13-15-9-17(16-13)8-12-2-1-7-18-12/h1-7,9H,8H2. The van der Waals surface area contributed by atoms with Crippen LogP contribution < -0.4 is 0 Å². The summed E-state index contributed by atoms with van der Waals surface area (Å²) >= 11 is 5.84. The van der Waals surface area contributed by atoms with Crippen molar-refractivity contribution >= 4 is 11.6 Å². The lowest BCUT2D eigenvalue weighted by Gasteiger charge is -1.97. The fourth-order valence-electron chi connectivity index (χ4n) is 1.66. The summed E-state index contributed by atoms with van der Waals surface area (Å²) in [5.41, 5.74) is 0.942. The lowest BCUT2D eigenvalue weighted by atomic mass is 10.2. The molecule has 90 valence electrons. The third kappa shape index (κ3) is 2.28. The van der Waals surface area contributed by atoms with E-state index in [0.717, 1.165) is 11.3 Å². The van der Waals surface area contributed by atoms with E-state index in [0.29, 0.717) is 17.4 Å². The molecule has 0 N–H and O–H groups in total. The van der Waals surface area contributed by atoms with Crippen molar-refractivity contribution in [1.82, 2.24) is 14.8 Å². The van der Waals surface area contributed by atoms with Gasteiger partial charge in [0.15, 0.2) is 5.82 Å². The first kappa shape index (κ1) is 11.0. The summed E-state index contributed by atoms with van der Waals surface area (Å²) in [5, 5.41) is 5.09. The number of halogens is 1. The average molecular weight is 260 g/mol. The van der Waals surface area contributed by atoms with Gasteiger partial charge >= 0.3 is 0 Å². The van der Waals surface area contributed by atoms with Gasteiger partial charge in [-0.25, -0.2) is 9.67 Å². The Morgan fingerprint density at radius 3 is 2.72 bits per heavy atom. The highest BCUT2D eigenvalue weighted by atomic mass is 35.5. The first-order valence-corrected chi connectivity index (χ1v) is 5.87. The molecular weight excluding hydrogens is 250 g/mol. The normalized spacial score (nSPS) is 10.7. The monoisotopic (exact) mass is 259 g/mol. The molecule has 18 heavy (non-hydrogen) atoms. The molecule has 0 atom stereocenters. The van der Waals surface area contributed by atoms with Gasteiger partial charge in [-0.05, 0) is 36.4 Å². The van der Waals surface area contributed by atoms with E-state index in [1.165, 1.54) is 0 Å². The predicted octanol–water partition coefficient (Wildman–Crippen LogP) is 3.24. The molecule has 0 saturated carbocycles. The van der Waals surface area contributed by atoms with Crippen molar-refractivity contribution in [3.8, 4) is 11.4 Å². The molecule has 0 aliphatic carbocycles. The summed E-state index contributed by atoms with van der Waals surface area (Å²) in [6.07, 6.45) is 3.33. The number of rotatable bonds is 3. The van der Waals surface area contributed by atoms with E-state index < -0.39 is 0 Å². The van der Waals surface area contributed by atoms with Gasteiger partial charge in [0, 0.05) is 10.6 Å².